The average molecular weight is 294 g/mol. The Balaban J connectivity index is 1.96. The SMILES string of the molecule is CCN(CC)CC(C)NC(=O)C1C2C=CC(C2)C1C(=O)O. The Bertz CT molecular complexity index is 431. The minimum Gasteiger partial charge on any atom is -0.481 e. The van der Waals surface area contributed by atoms with Gasteiger partial charge >= 0.3 is 5.97 Å². The van der Waals surface area contributed by atoms with Crippen LogP contribution in [0.1, 0.15) is 27.2 Å². The molecule has 1 amide bonds. The fourth-order valence-corrected chi connectivity index (χ4v) is 3.77. The van der Waals surface area contributed by atoms with Crippen LogP contribution in [0.2, 0.25) is 0 Å². The van der Waals surface area contributed by atoms with E-state index in [1.165, 1.54) is 0 Å². The molecule has 5 unspecified atom stereocenters. The van der Waals surface area contributed by atoms with E-state index in [9.17, 15) is 14.7 Å². The quantitative estimate of drug-likeness (QED) is 0.696. The van der Waals surface area contributed by atoms with Gasteiger partial charge in [0.1, 0.15) is 0 Å². The maximum atomic E-state index is 12.5. The lowest BCUT2D eigenvalue weighted by Crippen LogP contribution is -2.47. The van der Waals surface area contributed by atoms with E-state index in [-0.39, 0.29) is 23.8 Å². The highest BCUT2D eigenvalue weighted by molar-refractivity contribution is 5.87. The molecule has 5 heteroatoms. The fourth-order valence-electron chi connectivity index (χ4n) is 3.77. The van der Waals surface area contributed by atoms with Crippen LogP contribution < -0.4 is 5.32 Å². The largest absolute Gasteiger partial charge is 0.481 e. The number of carboxylic acids is 1. The molecule has 21 heavy (non-hydrogen) atoms. The first kappa shape index (κ1) is 16.0. The van der Waals surface area contributed by atoms with Crippen LogP contribution in [0.15, 0.2) is 12.2 Å². The number of carbonyl (C=O) groups is 2. The van der Waals surface area contributed by atoms with Gasteiger partial charge in [-0.25, -0.2) is 0 Å². The van der Waals surface area contributed by atoms with Gasteiger partial charge in [-0.15, -0.1) is 0 Å². The highest BCUT2D eigenvalue weighted by Crippen LogP contribution is 2.48. The Hall–Kier alpha value is -1.36. The van der Waals surface area contributed by atoms with Crippen molar-refractivity contribution < 1.29 is 14.7 Å². The highest BCUT2D eigenvalue weighted by atomic mass is 16.4. The van der Waals surface area contributed by atoms with Gasteiger partial charge in [0, 0.05) is 12.6 Å². The zero-order chi connectivity index (χ0) is 15.6. The molecule has 2 rings (SSSR count). The van der Waals surface area contributed by atoms with Gasteiger partial charge in [-0.2, -0.15) is 0 Å². The maximum absolute atomic E-state index is 12.5. The molecular formula is C16H26N2O3. The molecule has 0 radical (unpaired) electrons. The summed E-state index contributed by atoms with van der Waals surface area (Å²) in [6.45, 7) is 8.87. The van der Waals surface area contributed by atoms with E-state index >= 15 is 0 Å². The van der Waals surface area contributed by atoms with Crippen molar-refractivity contribution in [2.24, 2.45) is 23.7 Å². The summed E-state index contributed by atoms with van der Waals surface area (Å²) in [6.07, 6.45) is 4.79. The number of amides is 1. The van der Waals surface area contributed by atoms with Gasteiger partial charge in [0.2, 0.25) is 5.91 Å². The minimum atomic E-state index is -0.844. The molecule has 118 valence electrons. The van der Waals surface area contributed by atoms with Gasteiger partial charge < -0.3 is 15.3 Å². The molecule has 5 atom stereocenters. The topological polar surface area (TPSA) is 69.6 Å². The second-order valence-electron chi connectivity index (χ2n) is 6.23. The summed E-state index contributed by atoms with van der Waals surface area (Å²) in [5, 5.41) is 12.4. The van der Waals surface area contributed by atoms with Crippen LogP contribution in [0.4, 0.5) is 0 Å². The summed E-state index contributed by atoms with van der Waals surface area (Å²) < 4.78 is 0. The summed E-state index contributed by atoms with van der Waals surface area (Å²) in [7, 11) is 0. The molecule has 2 bridgehead atoms. The van der Waals surface area contributed by atoms with E-state index in [1.54, 1.807) is 0 Å². The van der Waals surface area contributed by atoms with Gasteiger partial charge in [-0.3, -0.25) is 9.59 Å². The zero-order valence-corrected chi connectivity index (χ0v) is 13.1. The van der Waals surface area contributed by atoms with Gasteiger partial charge in [0.25, 0.3) is 0 Å². The monoisotopic (exact) mass is 294 g/mol. The molecule has 1 saturated carbocycles. The Labute approximate surface area is 126 Å². The number of nitrogens with zero attached hydrogens (tertiary/aromatic N) is 1. The molecule has 1 fully saturated rings. The first-order valence-electron chi connectivity index (χ1n) is 7.91. The van der Waals surface area contributed by atoms with Crippen molar-refractivity contribution in [3.63, 3.8) is 0 Å². The molecule has 0 heterocycles. The standard InChI is InChI=1S/C16H26N2O3/c1-4-18(5-2)9-10(3)17-15(19)13-11-6-7-12(8-11)14(13)16(20)21/h6-7,10-14H,4-5,8-9H2,1-3H3,(H,17,19)(H,20,21). The first-order valence-corrected chi connectivity index (χ1v) is 7.91. The Morgan fingerprint density at radius 1 is 1.24 bits per heavy atom. The zero-order valence-electron chi connectivity index (χ0n) is 13.1. The number of rotatable bonds is 7. The molecular weight excluding hydrogens is 268 g/mol. The predicted molar refractivity (Wildman–Crippen MR) is 80.7 cm³/mol. The van der Waals surface area contributed by atoms with Crippen LogP contribution in [0.25, 0.3) is 0 Å². The summed E-state index contributed by atoms with van der Waals surface area (Å²) >= 11 is 0. The molecule has 0 aromatic heterocycles. The van der Waals surface area contributed by atoms with Crippen LogP contribution in [0, 0.1) is 23.7 Å². The molecule has 0 aromatic carbocycles. The summed E-state index contributed by atoms with van der Waals surface area (Å²) in [5.41, 5.74) is 0. The average Bonchev–Trinajstić information content (AvgIpc) is 3.04. The van der Waals surface area contributed by atoms with Gasteiger partial charge in [-0.1, -0.05) is 26.0 Å². The summed E-state index contributed by atoms with van der Waals surface area (Å²) in [5.74, 6) is -1.78. The van der Waals surface area contributed by atoms with Crippen molar-refractivity contribution in [1.29, 1.82) is 0 Å². The van der Waals surface area contributed by atoms with E-state index in [0.29, 0.717) is 0 Å². The van der Waals surface area contributed by atoms with Crippen LogP contribution in [0.3, 0.4) is 0 Å². The molecule has 0 saturated heterocycles. The first-order chi connectivity index (χ1) is 9.97. The fraction of sp³-hybridized carbons (Fsp3) is 0.750. The van der Waals surface area contributed by atoms with Gasteiger partial charge in [0.05, 0.1) is 11.8 Å². The molecule has 0 spiro atoms. The van der Waals surface area contributed by atoms with Crippen LogP contribution in [-0.2, 0) is 9.59 Å². The highest BCUT2D eigenvalue weighted by Gasteiger charge is 2.51. The van der Waals surface area contributed by atoms with Crippen LogP contribution in [0.5, 0.6) is 0 Å². The smallest absolute Gasteiger partial charge is 0.307 e. The van der Waals surface area contributed by atoms with E-state index in [0.717, 1.165) is 26.1 Å². The Morgan fingerprint density at radius 3 is 2.33 bits per heavy atom. The normalized spacial score (nSPS) is 31.6. The maximum Gasteiger partial charge on any atom is 0.307 e. The van der Waals surface area contributed by atoms with E-state index in [4.69, 9.17) is 0 Å². The minimum absolute atomic E-state index is 0.0290. The van der Waals surface area contributed by atoms with E-state index in [2.05, 4.69) is 24.1 Å². The molecule has 2 N–H and O–H groups in total. The number of fused-ring (bicyclic) bond motifs is 2. The Morgan fingerprint density at radius 2 is 1.81 bits per heavy atom. The second kappa shape index (κ2) is 6.60. The molecule has 0 aliphatic heterocycles. The predicted octanol–water partition coefficient (Wildman–Crippen LogP) is 1.36. The number of aliphatic carboxylic acids is 1. The lowest BCUT2D eigenvalue weighted by Gasteiger charge is -2.28. The summed E-state index contributed by atoms with van der Waals surface area (Å²) in [6, 6.07) is 0.0370. The number of hydrogen-bond acceptors (Lipinski definition) is 3. The number of hydrogen-bond donors (Lipinski definition) is 2. The summed E-state index contributed by atoms with van der Waals surface area (Å²) in [4.78, 5) is 26.2. The lowest BCUT2D eigenvalue weighted by atomic mass is 9.82. The lowest BCUT2D eigenvalue weighted by molar-refractivity contribution is -0.148. The van der Waals surface area contributed by atoms with Crippen molar-refractivity contribution in [2.45, 2.75) is 33.2 Å². The molecule has 5 nitrogen and oxygen atoms in total. The third-order valence-electron chi connectivity index (χ3n) is 4.86. The third kappa shape index (κ3) is 3.28. The number of allylic oxidation sites excluding steroid dienone is 2. The van der Waals surface area contributed by atoms with Crippen molar-refractivity contribution in [1.82, 2.24) is 10.2 Å². The molecule has 2 aliphatic carbocycles. The van der Waals surface area contributed by atoms with Crippen molar-refractivity contribution in [2.75, 3.05) is 19.6 Å². The second-order valence-corrected chi connectivity index (χ2v) is 6.23. The number of nitrogens with one attached hydrogen (secondary N) is 1. The van der Waals surface area contributed by atoms with E-state index in [1.807, 2.05) is 19.1 Å². The van der Waals surface area contributed by atoms with Crippen LogP contribution in [-0.4, -0.2) is 47.6 Å². The van der Waals surface area contributed by atoms with Crippen molar-refractivity contribution in [3.8, 4) is 0 Å². The molecule has 0 aromatic rings. The van der Waals surface area contributed by atoms with Crippen molar-refractivity contribution in [3.05, 3.63) is 12.2 Å². The Kier molecular flexibility index (Phi) is 5.04. The van der Waals surface area contributed by atoms with Gasteiger partial charge in [-0.05, 0) is 38.3 Å². The van der Waals surface area contributed by atoms with E-state index < -0.39 is 17.8 Å². The molecule has 2 aliphatic rings. The van der Waals surface area contributed by atoms with Gasteiger partial charge in [0.15, 0.2) is 0 Å². The van der Waals surface area contributed by atoms with Crippen molar-refractivity contribution >= 4 is 11.9 Å². The number of carbonyl (C=O) groups excluding carboxylic acids is 1. The van der Waals surface area contributed by atoms with Crippen LogP contribution >= 0.6 is 0 Å². The number of carboxylic acid groups (broad SMARTS) is 1. The number of likely N-dealkylation sites (N-methyl/N-ethyl adjacent to an activating group) is 1. The third-order valence-corrected chi connectivity index (χ3v) is 4.86.